The van der Waals surface area contributed by atoms with E-state index in [9.17, 15) is 14.7 Å². The zero-order valence-electron chi connectivity index (χ0n) is 22.4. The van der Waals surface area contributed by atoms with Gasteiger partial charge in [-0.3, -0.25) is 9.59 Å². The molecule has 1 atom stereocenters. The van der Waals surface area contributed by atoms with Gasteiger partial charge in [0.1, 0.15) is 6.54 Å². The summed E-state index contributed by atoms with van der Waals surface area (Å²) < 4.78 is 5.43. The molecule has 1 saturated heterocycles. The maximum absolute atomic E-state index is 13.4. The van der Waals surface area contributed by atoms with Gasteiger partial charge in [0.05, 0.1) is 29.6 Å². The molecule has 3 aliphatic heterocycles. The molecular weight excluding hydrogens is 530 g/mol. The van der Waals surface area contributed by atoms with Crippen LogP contribution in [0.15, 0.2) is 42.6 Å². The topological polar surface area (TPSA) is 108 Å². The van der Waals surface area contributed by atoms with E-state index in [1.807, 2.05) is 48.2 Å². The summed E-state index contributed by atoms with van der Waals surface area (Å²) in [6.07, 6.45) is 4.03. The average Bonchev–Trinajstić information content (AvgIpc) is 3.28. The average molecular weight is 562 g/mol. The number of anilines is 1. The lowest BCUT2D eigenvalue weighted by molar-refractivity contribution is -0.134. The summed E-state index contributed by atoms with van der Waals surface area (Å²) in [5.41, 5.74) is 5.80. The van der Waals surface area contributed by atoms with E-state index in [1.165, 1.54) is 0 Å². The molecule has 0 bridgehead atoms. The molecule has 0 aliphatic carbocycles. The third-order valence-corrected chi connectivity index (χ3v) is 8.48. The van der Waals surface area contributed by atoms with E-state index in [1.54, 1.807) is 11.1 Å². The normalized spacial score (nSPS) is 19.0. The van der Waals surface area contributed by atoms with Gasteiger partial charge in [0.25, 0.3) is 5.91 Å². The molecule has 10 heteroatoms. The summed E-state index contributed by atoms with van der Waals surface area (Å²) in [6, 6.07) is 11.6. The van der Waals surface area contributed by atoms with Gasteiger partial charge in [-0.25, -0.2) is 9.97 Å². The maximum Gasteiger partial charge on any atom is 0.254 e. The number of aliphatic hydroxyl groups excluding tert-OH is 1. The molecule has 3 aromatic rings. The van der Waals surface area contributed by atoms with Crippen LogP contribution in [0, 0.1) is 0 Å². The number of hydrogen-bond donors (Lipinski definition) is 2. The number of hydrogen-bond acceptors (Lipinski definition) is 7. The summed E-state index contributed by atoms with van der Waals surface area (Å²) in [7, 11) is 0. The van der Waals surface area contributed by atoms with Gasteiger partial charge >= 0.3 is 0 Å². The highest BCUT2D eigenvalue weighted by molar-refractivity contribution is 6.33. The van der Waals surface area contributed by atoms with Gasteiger partial charge in [0.15, 0.2) is 0 Å². The Bertz CT molecular complexity index is 1460. The Balaban J connectivity index is 1.17. The van der Waals surface area contributed by atoms with Crippen LogP contribution in [0.2, 0.25) is 5.02 Å². The Kier molecular flexibility index (Phi) is 7.44. The second-order valence-corrected chi connectivity index (χ2v) is 11.0. The highest BCUT2D eigenvalue weighted by Gasteiger charge is 2.34. The number of rotatable bonds is 6. The second kappa shape index (κ2) is 11.2. The number of fused-ring (bicyclic) bond motifs is 2. The van der Waals surface area contributed by atoms with Crippen molar-refractivity contribution in [2.24, 2.45) is 0 Å². The third kappa shape index (κ3) is 5.05. The van der Waals surface area contributed by atoms with Crippen LogP contribution in [0.1, 0.15) is 58.4 Å². The van der Waals surface area contributed by atoms with Crippen LogP contribution in [0.25, 0.3) is 11.3 Å². The fraction of sp³-hybridized carbons (Fsp3) is 0.400. The molecule has 3 aliphatic rings. The van der Waals surface area contributed by atoms with E-state index in [-0.39, 0.29) is 37.0 Å². The number of carbonyl (C=O) groups excluding carboxylic acids is 2. The van der Waals surface area contributed by atoms with Crippen LogP contribution in [0.5, 0.6) is 0 Å². The number of aromatic nitrogens is 2. The minimum Gasteiger partial charge on any atom is -0.392 e. The molecule has 9 nitrogen and oxygen atoms in total. The van der Waals surface area contributed by atoms with Crippen molar-refractivity contribution in [2.45, 2.75) is 51.4 Å². The van der Waals surface area contributed by atoms with Gasteiger partial charge in [-0.15, -0.1) is 0 Å². The summed E-state index contributed by atoms with van der Waals surface area (Å²) in [4.78, 5) is 39.2. The number of benzene rings is 2. The first kappa shape index (κ1) is 26.7. The molecule has 1 fully saturated rings. The van der Waals surface area contributed by atoms with E-state index in [0.717, 1.165) is 40.7 Å². The Labute approximate surface area is 238 Å². The van der Waals surface area contributed by atoms with Gasteiger partial charge in [0, 0.05) is 43.5 Å². The minimum absolute atomic E-state index is 0.00957. The molecule has 2 aromatic carbocycles. The number of aliphatic hydroxyl groups is 1. The monoisotopic (exact) mass is 561 g/mol. The van der Waals surface area contributed by atoms with Crippen molar-refractivity contribution in [3.05, 3.63) is 75.4 Å². The first-order valence-corrected chi connectivity index (χ1v) is 14.1. The lowest BCUT2D eigenvalue weighted by Crippen LogP contribution is -2.44. The molecule has 6 rings (SSSR count). The molecule has 0 radical (unpaired) electrons. The summed E-state index contributed by atoms with van der Waals surface area (Å²) >= 11 is 6.48. The Morgan fingerprint density at radius 1 is 1.23 bits per heavy atom. The van der Waals surface area contributed by atoms with Gasteiger partial charge in [-0.1, -0.05) is 41.9 Å². The van der Waals surface area contributed by atoms with Crippen LogP contribution in [0.4, 0.5) is 5.95 Å². The Hall–Kier alpha value is -3.53. The number of amides is 2. The molecule has 4 heterocycles. The van der Waals surface area contributed by atoms with Crippen LogP contribution in [-0.2, 0) is 29.1 Å². The number of halogens is 1. The SMILES string of the molecule is C[C@@H]1c2cccc(CO)c2CCN1C(=O)CN1Cc2ccc(-c3nc(NC4CCOCC4)ncc3Cl)cc2C1=O. The van der Waals surface area contributed by atoms with Crippen molar-refractivity contribution in [1.82, 2.24) is 19.8 Å². The van der Waals surface area contributed by atoms with Crippen molar-refractivity contribution >= 4 is 29.4 Å². The van der Waals surface area contributed by atoms with Crippen molar-refractivity contribution in [2.75, 3.05) is 31.6 Å². The summed E-state index contributed by atoms with van der Waals surface area (Å²) in [5, 5.41) is 13.5. The number of carbonyl (C=O) groups is 2. The van der Waals surface area contributed by atoms with Crippen molar-refractivity contribution < 1.29 is 19.4 Å². The van der Waals surface area contributed by atoms with Crippen LogP contribution >= 0.6 is 11.6 Å². The maximum atomic E-state index is 13.4. The van der Waals surface area contributed by atoms with Crippen LogP contribution in [0.3, 0.4) is 0 Å². The van der Waals surface area contributed by atoms with Gasteiger partial charge in [-0.05, 0) is 54.5 Å². The lowest BCUT2D eigenvalue weighted by atomic mass is 9.90. The predicted molar refractivity (Wildman–Crippen MR) is 151 cm³/mol. The smallest absolute Gasteiger partial charge is 0.254 e. The molecule has 1 aromatic heterocycles. The highest BCUT2D eigenvalue weighted by Crippen LogP contribution is 2.34. The lowest BCUT2D eigenvalue weighted by Gasteiger charge is -2.37. The Morgan fingerprint density at radius 2 is 2.05 bits per heavy atom. The molecule has 0 unspecified atom stereocenters. The molecule has 208 valence electrons. The van der Waals surface area contributed by atoms with Crippen molar-refractivity contribution in [3.8, 4) is 11.3 Å². The number of ether oxygens (including phenoxy) is 1. The summed E-state index contributed by atoms with van der Waals surface area (Å²) in [6.45, 7) is 4.34. The van der Waals surface area contributed by atoms with Crippen molar-refractivity contribution in [1.29, 1.82) is 0 Å². The van der Waals surface area contributed by atoms with E-state index < -0.39 is 0 Å². The quantitative estimate of drug-likeness (QED) is 0.468. The highest BCUT2D eigenvalue weighted by atomic mass is 35.5. The van der Waals surface area contributed by atoms with E-state index >= 15 is 0 Å². The zero-order chi connectivity index (χ0) is 27.8. The fourth-order valence-electron chi connectivity index (χ4n) is 5.99. The third-order valence-electron chi connectivity index (χ3n) is 8.21. The number of nitrogens with zero attached hydrogens (tertiary/aromatic N) is 4. The summed E-state index contributed by atoms with van der Waals surface area (Å²) in [5.74, 6) is 0.230. The van der Waals surface area contributed by atoms with Gasteiger partial charge in [-0.2, -0.15) is 0 Å². The molecule has 0 saturated carbocycles. The van der Waals surface area contributed by atoms with Crippen molar-refractivity contribution in [3.63, 3.8) is 0 Å². The molecule has 2 amide bonds. The van der Waals surface area contributed by atoms with Gasteiger partial charge in [0.2, 0.25) is 11.9 Å². The predicted octanol–water partition coefficient (Wildman–Crippen LogP) is 3.98. The first-order valence-electron chi connectivity index (χ1n) is 13.7. The molecule has 2 N–H and O–H groups in total. The largest absolute Gasteiger partial charge is 0.392 e. The minimum atomic E-state index is -0.177. The fourth-order valence-corrected chi connectivity index (χ4v) is 6.19. The first-order chi connectivity index (χ1) is 19.4. The standard InChI is InChI=1S/C30H32ClN5O4/c1-18-23-4-2-3-21(17-37)24(23)7-10-36(18)27(38)16-35-15-20-6-5-19(13-25(20)29(35)39)28-26(31)14-32-30(34-28)33-22-8-11-40-12-9-22/h2-6,13-14,18,22,37H,7-12,15-17H2,1H3,(H,32,33,34)/t18-/m1/s1. The number of nitrogens with one attached hydrogen (secondary N) is 1. The Morgan fingerprint density at radius 3 is 2.85 bits per heavy atom. The van der Waals surface area contributed by atoms with E-state index in [4.69, 9.17) is 16.3 Å². The van der Waals surface area contributed by atoms with Crippen LogP contribution < -0.4 is 5.32 Å². The molecular formula is C30H32ClN5O4. The zero-order valence-corrected chi connectivity index (χ0v) is 23.2. The second-order valence-electron chi connectivity index (χ2n) is 10.6. The molecule has 40 heavy (non-hydrogen) atoms. The van der Waals surface area contributed by atoms with Crippen LogP contribution in [-0.4, -0.2) is 69.0 Å². The van der Waals surface area contributed by atoms with Gasteiger partial charge < -0.3 is 25.0 Å². The van der Waals surface area contributed by atoms with E-state index in [0.29, 0.717) is 55.0 Å². The molecule has 0 spiro atoms. The van der Waals surface area contributed by atoms with E-state index in [2.05, 4.69) is 15.3 Å².